The first-order chi connectivity index (χ1) is 8.58. The minimum atomic E-state index is -0.286. The van der Waals surface area contributed by atoms with E-state index in [0.717, 1.165) is 38.3 Å². The first-order valence-corrected chi connectivity index (χ1v) is 6.90. The number of anilines is 2. The van der Waals surface area contributed by atoms with Crippen molar-refractivity contribution in [3.05, 3.63) is 22.4 Å². The molecule has 1 aromatic carbocycles. The molecular formula is C13H18BrFN2O. The third-order valence-electron chi connectivity index (χ3n) is 3.27. The molecule has 1 aliphatic rings. The minimum Gasteiger partial charge on any atom is -0.397 e. The summed E-state index contributed by atoms with van der Waals surface area (Å²) in [6, 6.07) is 3.08. The number of nitrogens with zero attached hydrogens (tertiary/aromatic N) is 1. The first kappa shape index (κ1) is 13.6. The van der Waals surface area contributed by atoms with Crippen LogP contribution in [0.1, 0.15) is 12.8 Å². The van der Waals surface area contributed by atoms with Crippen LogP contribution in [0.5, 0.6) is 0 Å². The molecule has 3 nitrogen and oxygen atoms in total. The van der Waals surface area contributed by atoms with Crippen LogP contribution in [-0.4, -0.2) is 26.8 Å². The molecule has 1 heterocycles. The number of nitrogen functional groups attached to an aromatic ring is 1. The second kappa shape index (κ2) is 5.89. The van der Waals surface area contributed by atoms with Crippen LogP contribution in [0.2, 0.25) is 0 Å². The van der Waals surface area contributed by atoms with Crippen molar-refractivity contribution in [3.8, 4) is 0 Å². The molecule has 1 fully saturated rings. The maximum Gasteiger partial charge on any atom is 0.139 e. The van der Waals surface area contributed by atoms with E-state index in [1.165, 1.54) is 6.07 Å². The molecule has 0 aliphatic carbocycles. The lowest BCUT2D eigenvalue weighted by Gasteiger charge is -2.29. The average molecular weight is 317 g/mol. The Balaban J connectivity index is 2.08. The second-order valence-electron chi connectivity index (χ2n) is 4.79. The van der Waals surface area contributed by atoms with Crippen LogP contribution in [0, 0.1) is 11.7 Å². The van der Waals surface area contributed by atoms with Gasteiger partial charge in [-0.1, -0.05) is 0 Å². The second-order valence-corrected chi connectivity index (χ2v) is 5.64. The third-order valence-corrected chi connectivity index (χ3v) is 3.88. The minimum absolute atomic E-state index is 0.286. The van der Waals surface area contributed by atoms with E-state index in [1.807, 2.05) is 11.9 Å². The Morgan fingerprint density at radius 1 is 1.56 bits per heavy atom. The summed E-state index contributed by atoms with van der Waals surface area (Å²) in [7, 11) is 1.94. The number of rotatable bonds is 3. The lowest BCUT2D eigenvalue weighted by atomic mass is 10.0. The SMILES string of the molecule is CN(CC1CCCOC1)c1cc(F)c(Br)cc1N. The van der Waals surface area contributed by atoms with Crippen molar-refractivity contribution >= 4 is 27.3 Å². The molecule has 1 unspecified atom stereocenters. The highest BCUT2D eigenvalue weighted by atomic mass is 79.9. The molecule has 1 aliphatic heterocycles. The molecule has 100 valence electrons. The molecule has 0 amide bonds. The van der Waals surface area contributed by atoms with Gasteiger partial charge in [0.05, 0.1) is 22.5 Å². The molecule has 1 atom stereocenters. The molecule has 2 rings (SSSR count). The van der Waals surface area contributed by atoms with Gasteiger partial charge in [-0.3, -0.25) is 0 Å². The number of benzene rings is 1. The zero-order valence-electron chi connectivity index (χ0n) is 10.5. The van der Waals surface area contributed by atoms with Crippen molar-refractivity contribution < 1.29 is 9.13 Å². The molecule has 0 bridgehead atoms. The molecule has 0 spiro atoms. The summed E-state index contributed by atoms with van der Waals surface area (Å²) in [5, 5.41) is 0. The van der Waals surface area contributed by atoms with E-state index in [0.29, 0.717) is 16.1 Å². The van der Waals surface area contributed by atoms with Crippen molar-refractivity contribution in [3.63, 3.8) is 0 Å². The highest BCUT2D eigenvalue weighted by Gasteiger charge is 2.18. The summed E-state index contributed by atoms with van der Waals surface area (Å²) in [6.45, 7) is 2.48. The molecule has 0 radical (unpaired) electrons. The summed E-state index contributed by atoms with van der Waals surface area (Å²) in [5.41, 5.74) is 7.25. The van der Waals surface area contributed by atoms with Gasteiger partial charge in [0, 0.05) is 26.3 Å². The van der Waals surface area contributed by atoms with Crippen molar-refractivity contribution in [2.24, 2.45) is 5.92 Å². The maximum atomic E-state index is 13.5. The molecule has 0 saturated carbocycles. The van der Waals surface area contributed by atoms with Crippen LogP contribution in [0.15, 0.2) is 16.6 Å². The summed E-state index contributed by atoms with van der Waals surface area (Å²) < 4.78 is 19.4. The quantitative estimate of drug-likeness (QED) is 0.871. The summed E-state index contributed by atoms with van der Waals surface area (Å²) >= 11 is 3.13. The smallest absolute Gasteiger partial charge is 0.139 e. The van der Waals surface area contributed by atoms with E-state index in [1.54, 1.807) is 6.07 Å². The Morgan fingerprint density at radius 2 is 2.33 bits per heavy atom. The highest BCUT2D eigenvalue weighted by Crippen LogP contribution is 2.29. The van der Waals surface area contributed by atoms with Crippen molar-refractivity contribution in [2.45, 2.75) is 12.8 Å². The molecule has 0 aromatic heterocycles. The van der Waals surface area contributed by atoms with Gasteiger partial charge in [-0.2, -0.15) is 0 Å². The van der Waals surface area contributed by atoms with Gasteiger partial charge in [0.25, 0.3) is 0 Å². The number of hydrogen-bond donors (Lipinski definition) is 1. The van der Waals surface area contributed by atoms with Gasteiger partial charge in [-0.15, -0.1) is 0 Å². The van der Waals surface area contributed by atoms with Crippen LogP contribution >= 0.6 is 15.9 Å². The van der Waals surface area contributed by atoms with Crippen molar-refractivity contribution in [1.82, 2.24) is 0 Å². The van der Waals surface area contributed by atoms with E-state index in [9.17, 15) is 4.39 Å². The number of ether oxygens (including phenoxy) is 1. The normalized spacial score (nSPS) is 19.8. The Labute approximate surface area is 115 Å². The van der Waals surface area contributed by atoms with E-state index >= 15 is 0 Å². The van der Waals surface area contributed by atoms with Crippen LogP contribution in [0.25, 0.3) is 0 Å². The molecule has 1 saturated heterocycles. The fourth-order valence-electron chi connectivity index (χ4n) is 2.32. The zero-order chi connectivity index (χ0) is 13.1. The molecule has 18 heavy (non-hydrogen) atoms. The highest BCUT2D eigenvalue weighted by molar-refractivity contribution is 9.10. The summed E-state index contributed by atoms with van der Waals surface area (Å²) in [4.78, 5) is 2.00. The largest absolute Gasteiger partial charge is 0.397 e. The predicted octanol–water partition coefficient (Wildman–Crippen LogP) is 3.03. The number of halogens is 2. The standard InChI is InChI=1S/C13H18BrFN2O/c1-17(7-9-3-2-4-18-8-9)13-6-11(15)10(14)5-12(13)16/h5-6,9H,2-4,7-8,16H2,1H3. The molecule has 5 heteroatoms. The van der Waals surface area contributed by atoms with Crippen LogP contribution in [-0.2, 0) is 4.74 Å². The van der Waals surface area contributed by atoms with Gasteiger partial charge in [0.1, 0.15) is 5.82 Å². The van der Waals surface area contributed by atoms with E-state index in [-0.39, 0.29) is 5.82 Å². The lowest BCUT2D eigenvalue weighted by Crippen LogP contribution is -2.31. The average Bonchev–Trinajstić information content (AvgIpc) is 2.35. The molecule has 2 N–H and O–H groups in total. The van der Waals surface area contributed by atoms with E-state index in [2.05, 4.69) is 15.9 Å². The number of hydrogen-bond acceptors (Lipinski definition) is 3. The van der Waals surface area contributed by atoms with Gasteiger partial charge < -0.3 is 15.4 Å². The predicted molar refractivity (Wildman–Crippen MR) is 75.3 cm³/mol. The van der Waals surface area contributed by atoms with Gasteiger partial charge in [-0.25, -0.2) is 4.39 Å². The van der Waals surface area contributed by atoms with Gasteiger partial charge in [0.2, 0.25) is 0 Å². The van der Waals surface area contributed by atoms with E-state index < -0.39 is 0 Å². The first-order valence-electron chi connectivity index (χ1n) is 6.11. The fraction of sp³-hybridized carbons (Fsp3) is 0.538. The Bertz CT molecular complexity index is 422. The van der Waals surface area contributed by atoms with Gasteiger partial charge in [0.15, 0.2) is 0 Å². The molecular weight excluding hydrogens is 299 g/mol. The van der Waals surface area contributed by atoms with Crippen LogP contribution in [0.4, 0.5) is 15.8 Å². The van der Waals surface area contributed by atoms with Gasteiger partial charge in [-0.05, 0) is 40.8 Å². The fourth-order valence-corrected chi connectivity index (χ4v) is 2.68. The number of nitrogens with two attached hydrogens (primary N) is 1. The van der Waals surface area contributed by atoms with Crippen LogP contribution in [0.3, 0.4) is 0 Å². The Kier molecular flexibility index (Phi) is 4.45. The van der Waals surface area contributed by atoms with Crippen molar-refractivity contribution in [2.75, 3.05) is 37.4 Å². The van der Waals surface area contributed by atoms with Crippen molar-refractivity contribution in [1.29, 1.82) is 0 Å². The van der Waals surface area contributed by atoms with Gasteiger partial charge >= 0.3 is 0 Å². The lowest BCUT2D eigenvalue weighted by molar-refractivity contribution is 0.0576. The topological polar surface area (TPSA) is 38.5 Å². The monoisotopic (exact) mass is 316 g/mol. The summed E-state index contributed by atoms with van der Waals surface area (Å²) in [5.74, 6) is 0.209. The Hall–Kier alpha value is -0.810. The van der Waals surface area contributed by atoms with Crippen LogP contribution < -0.4 is 10.6 Å². The maximum absolute atomic E-state index is 13.5. The van der Waals surface area contributed by atoms with E-state index in [4.69, 9.17) is 10.5 Å². The molecule has 1 aromatic rings. The zero-order valence-corrected chi connectivity index (χ0v) is 12.0. The Morgan fingerprint density at radius 3 is 3.00 bits per heavy atom. The third kappa shape index (κ3) is 3.14. The summed E-state index contributed by atoms with van der Waals surface area (Å²) in [6.07, 6.45) is 2.26.